The summed E-state index contributed by atoms with van der Waals surface area (Å²) >= 11 is 0. The van der Waals surface area contributed by atoms with Crippen LogP contribution in [0.15, 0.2) is 117 Å². The van der Waals surface area contributed by atoms with Crippen LogP contribution in [0.2, 0.25) is 0 Å². The fourth-order valence-electron chi connectivity index (χ4n) is 3.21. The standard InChI is InChI=1S/C16H16O4.C10H10.C8H8/c1-18-15-8-13(9-16(19-2)14(15)10-17)20-11-12-6-4-3-5-7-12;1-3-9-5-7-10(4-2)8-6-9;1-2-8-6-4-3-5-7-8/h3-10H,11H2,1-2H3;3-8H,1-2H2;2-7H,1H2. The maximum atomic E-state index is 11.1. The van der Waals surface area contributed by atoms with E-state index in [9.17, 15) is 4.79 Å². The number of rotatable bonds is 9. The summed E-state index contributed by atoms with van der Waals surface area (Å²) in [7, 11) is 3.01. The molecule has 4 aromatic rings. The Balaban J connectivity index is 0.000000233. The molecule has 0 aliphatic rings. The van der Waals surface area contributed by atoms with Crippen LogP contribution in [-0.4, -0.2) is 20.5 Å². The van der Waals surface area contributed by atoms with Crippen molar-refractivity contribution in [2.75, 3.05) is 14.2 Å². The van der Waals surface area contributed by atoms with Crippen LogP contribution in [0, 0.1) is 0 Å². The van der Waals surface area contributed by atoms with Gasteiger partial charge in [0, 0.05) is 12.1 Å². The molecule has 0 saturated carbocycles. The zero-order valence-corrected chi connectivity index (χ0v) is 22.0. The highest BCUT2D eigenvalue weighted by molar-refractivity contribution is 5.84. The topological polar surface area (TPSA) is 44.8 Å². The predicted molar refractivity (Wildman–Crippen MR) is 159 cm³/mol. The molecule has 0 aliphatic carbocycles. The molecule has 4 aromatic carbocycles. The van der Waals surface area contributed by atoms with Gasteiger partial charge in [-0.1, -0.05) is 123 Å². The molecule has 0 bridgehead atoms. The molecular weight excluding hydrogens is 472 g/mol. The van der Waals surface area contributed by atoms with Gasteiger partial charge in [0.25, 0.3) is 0 Å². The smallest absolute Gasteiger partial charge is 0.157 e. The summed E-state index contributed by atoms with van der Waals surface area (Å²) in [6.07, 6.45) is 6.19. The van der Waals surface area contributed by atoms with Crippen LogP contribution < -0.4 is 14.2 Å². The lowest BCUT2D eigenvalue weighted by Crippen LogP contribution is -1.99. The number of hydrogen-bond donors (Lipinski definition) is 0. The first-order chi connectivity index (χ1) is 18.6. The molecule has 0 radical (unpaired) electrons. The Hall–Kier alpha value is -4.83. The molecule has 0 atom stereocenters. The van der Waals surface area contributed by atoms with E-state index in [1.54, 1.807) is 12.1 Å². The van der Waals surface area contributed by atoms with E-state index in [4.69, 9.17) is 14.2 Å². The Morgan fingerprint density at radius 3 is 1.42 bits per heavy atom. The van der Waals surface area contributed by atoms with E-state index in [0.717, 1.165) is 16.7 Å². The van der Waals surface area contributed by atoms with E-state index < -0.39 is 0 Å². The number of carbonyl (C=O) groups excluding carboxylic acids is 1. The average molecular weight is 507 g/mol. The van der Waals surface area contributed by atoms with Crippen LogP contribution in [-0.2, 0) is 6.61 Å². The fraction of sp³-hybridized carbons (Fsp3) is 0.0882. The number of benzene rings is 4. The van der Waals surface area contributed by atoms with Crippen molar-refractivity contribution >= 4 is 24.5 Å². The summed E-state index contributed by atoms with van der Waals surface area (Å²) in [5, 5.41) is 0. The normalized spacial score (nSPS) is 9.32. The number of carbonyl (C=O) groups is 1. The van der Waals surface area contributed by atoms with E-state index in [1.165, 1.54) is 19.8 Å². The highest BCUT2D eigenvalue weighted by atomic mass is 16.5. The minimum atomic E-state index is 0.377. The molecule has 0 aliphatic heterocycles. The molecule has 4 heteroatoms. The monoisotopic (exact) mass is 506 g/mol. The minimum Gasteiger partial charge on any atom is -0.496 e. The van der Waals surface area contributed by atoms with Gasteiger partial charge in [0.15, 0.2) is 6.29 Å². The Morgan fingerprint density at radius 2 is 1.05 bits per heavy atom. The second-order valence-corrected chi connectivity index (χ2v) is 7.82. The van der Waals surface area contributed by atoms with Crippen molar-refractivity contribution in [3.05, 3.63) is 145 Å². The molecule has 0 aromatic heterocycles. The van der Waals surface area contributed by atoms with Crippen molar-refractivity contribution in [1.82, 2.24) is 0 Å². The van der Waals surface area contributed by atoms with Crippen LogP contribution >= 0.6 is 0 Å². The van der Waals surface area contributed by atoms with E-state index in [-0.39, 0.29) is 0 Å². The zero-order valence-electron chi connectivity index (χ0n) is 22.0. The molecule has 0 fully saturated rings. The summed E-state index contributed by atoms with van der Waals surface area (Å²) in [6.45, 7) is 11.4. The predicted octanol–water partition coefficient (Wildman–Crippen LogP) is 8.40. The van der Waals surface area contributed by atoms with Crippen LogP contribution in [0.4, 0.5) is 0 Å². The molecule has 194 valence electrons. The van der Waals surface area contributed by atoms with Crippen molar-refractivity contribution in [2.45, 2.75) is 6.61 Å². The van der Waals surface area contributed by atoms with Crippen LogP contribution in [0.1, 0.15) is 32.6 Å². The second kappa shape index (κ2) is 16.8. The van der Waals surface area contributed by atoms with Gasteiger partial charge in [-0.3, -0.25) is 4.79 Å². The van der Waals surface area contributed by atoms with E-state index >= 15 is 0 Å². The number of ether oxygens (including phenoxy) is 3. The first kappa shape index (κ1) is 29.4. The molecule has 0 saturated heterocycles. The lowest BCUT2D eigenvalue weighted by molar-refractivity contribution is 0.111. The van der Waals surface area contributed by atoms with E-state index in [1.807, 2.05) is 103 Å². The summed E-state index contributed by atoms with van der Waals surface area (Å²) < 4.78 is 16.1. The van der Waals surface area contributed by atoms with Gasteiger partial charge >= 0.3 is 0 Å². The third-order valence-electron chi connectivity index (χ3n) is 5.33. The van der Waals surface area contributed by atoms with Gasteiger partial charge in [-0.05, 0) is 22.3 Å². The van der Waals surface area contributed by atoms with Gasteiger partial charge in [-0.25, -0.2) is 0 Å². The maximum absolute atomic E-state index is 11.1. The minimum absolute atomic E-state index is 0.377. The van der Waals surface area contributed by atoms with E-state index in [2.05, 4.69) is 19.7 Å². The molecule has 4 rings (SSSR count). The van der Waals surface area contributed by atoms with Crippen molar-refractivity contribution in [3.8, 4) is 17.2 Å². The average Bonchev–Trinajstić information content (AvgIpc) is 3.01. The third-order valence-corrected chi connectivity index (χ3v) is 5.33. The van der Waals surface area contributed by atoms with Gasteiger partial charge < -0.3 is 14.2 Å². The highest BCUT2D eigenvalue weighted by Crippen LogP contribution is 2.33. The largest absolute Gasteiger partial charge is 0.496 e. The first-order valence-corrected chi connectivity index (χ1v) is 12.0. The quantitative estimate of drug-likeness (QED) is 0.214. The molecule has 38 heavy (non-hydrogen) atoms. The van der Waals surface area contributed by atoms with Crippen LogP contribution in [0.25, 0.3) is 18.2 Å². The highest BCUT2D eigenvalue weighted by Gasteiger charge is 2.12. The van der Waals surface area contributed by atoms with Gasteiger partial charge in [-0.2, -0.15) is 0 Å². The Morgan fingerprint density at radius 1 is 0.632 bits per heavy atom. The van der Waals surface area contributed by atoms with Crippen molar-refractivity contribution < 1.29 is 19.0 Å². The SMILES string of the molecule is C=Cc1ccc(C=C)cc1.C=Cc1ccccc1.COc1cc(OCc2ccccc2)cc(OC)c1C=O. The molecular formula is C34H34O4. The maximum Gasteiger partial charge on any atom is 0.157 e. The van der Waals surface area contributed by atoms with Gasteiger partial charge in [-0.15, -0.1) is 0 Å². The lowest BCUT2D eigenvalue weighted by atomic mass is 10.1. The summed E-state index contributed by atoms with van der Waals surface area (Å²) in [6, 6.07) is 31.3. The zero-order chi connectivity index (χ0) is 27.6. The number of methoxy groups -OCH3 is 2. The van der Waals surface area contributed by atoms with Crippen molar-refractivity contribution in [2.24, 2.45) is 0 Å². The summed E-state index contributed by atoms with van der Waals surface area (Å²) in [5.74, 6) is 1.46. The summed E-state index contributed by atoms with van der Waals surface area (Å²) in [4.78, 5) is 11.1. The third kappa shape index (κ3) is 9.67. The van der Waals surface area contributed by atoms with Gasteiger partial charge in [0.05, 0.1) is 19.8 Å². The molecule has 0 amide bonds. The van der Waals surface area contributed by atoms with E-state index in [0.29, 0.717) is 35.7 Å². The summed E-state index contributed by atoms with van der Waals surface area (Å²) in [5.41, 5.74) is 4.90. The lowest BCUT2D eigenvalue weighted by Gasteiger charge is -2.12. The Kier molecular flexibility index (Phi) is 13.0. The molecule has 4 nitrogen and oxygen atoms in total. The van der Waals surface area contributed by atoms with Gasteiger partial charge in [0.2, 0.25) is 0 Å². The Labute approximate surface area is 226 Å². The molecule has 0 N–H and O–H groups in total. The molecule has 0 heterocycles. The van der Waals surface area contributed by atoms with Crippen molar-refractivity contribution in [1.29, 1.82) is 0 Å². The second-order valence-electron chi connectivity index (χ2n) is 7.82. The molecule has 0 unspecified atom stereocenters. The van der Waals surface area contributed by atoms with Crippen LogP contribution in [0.3, 0.4) is 0 Å². The fourth-order valence-corrected chi connectivity index (χ4v) is 3.21. The van der Waals surface area contributed by atoms with Crippen molar-refractivity contribution in [3.63, 3.8) is 0 Å². The van der Waals surface area contributed by atoms with Gasteiger partial charge in [0.1, 0.15) is 23.9 Å². The Bertz CT molecular complexity index is 1230. The number of aldehydes is 1. The molecule has 0 spiro atoms. The number of hydrogen-bond acceptors (Lipinski definition) is 4. The van der Waals surface area contributed by atoms with Crippen LogP contribution in [0.5, 0.6) is 17.2 Å². The first-order valence-electron chi connectivity index (χ1n) is 12.0.